The van der Waals surface area contributed by atoms with Crippen LogP contribution in [-0.4, -0.2) is 24.4 Å². The number of benzene rings is 2. The summed E-state index contributed by atoms with van der Waals surface area (Å²) >= 11 is 0. The van der Waals surface area contributed by atoms with Gasteiger partial charge in [0.1, 0.15) is 0 Å². The third kappa shape index (κ3) is 5.81. The first-order valence-corrected chi connectivity index (χ1v) is 10.7. The average Bonchev–Trinajstić information content (AvgIpc) is 3.20. The van der Waals surface area contributed by atoms with E-state index in [1.165, 1.54) is 11.1 Å². The lowest BCUT2D eigenvalue weighted by atomic mass is 9.94. The number of carbonyl (C=O) groups excluding carboxylic acids is 2. The normalized spacial score (nSPS) is 18.6. The van der Waals surface area contributed by atoms with E-state index in [0.29, 0.717) is 17.9 Å². The highest BCUT2D eigenvalue weighted by Crippen LogP contribution is 2.35. The fourth-order valence-corrected chi connectivity index (χ4v) is 4.03. The quantitative estimate of drug-likeness (QED) is 0.566. The first-order chi connectivity index (χ1) is 15.0. The summed E-state index contributed by atoms with van der Waals surface area (Å²) in [7, 11) is 0. The lowest BCUT2D eigenvalue weighted by Gasteiger charge is -2.15. The molecule has 2 aromatic rings. The smallest absolute Gasteiger partial charge is 0.398 e. The summed E-state index contributed by atoms with van der Waals surface area (Å²) in [6.45, 7) is 3.96. The molecule has 3 rings (SSSR count). The Labute approximate surface area is 185 Å². The van der Waals surface area contributed by atoms with Gasteiger partial charge in [0.15, 0.2) is 0 Å². The van der Waals surface area contributed by atoms with Crippen LogP contribution in [0.25, 0.3) is 0 Å². The van der Waals surface area contributed by atoms with Gasteiger partial charge >= 0.3 is 6.18 Å². The molecule has 2 amide bonds. The molecule has 4 N–H and O–H groups in total. The molecule has 2 atom stereocenters. The van der Waals surface area contributed by atoms with Crippen LogP contribution >= 0.6 is 0 Å². The number of rotatable bonds is 6. The summed E-state index contributed by atoms with van der Waals surface area (Å²) in [6.07, 6.45) is -1.99. The fraction of sp³-hybridized carbons (Fsp3) is 0.417. The van der Waals surface area contributed by atoms with Crippen molar-refractivity contribution in [3.63, 3.8) is 0 Å². The van der Waals surface area contributed by atoms with Crippen LogP contribution in [0.2, 0.25) is 0 Å². The Morgan fingerprint density at radius 2 is 1.78 bits per heavy atom. The van der Waals surface area contributed by atoms with Crippen LogP contribution < -0.4 is 16.4 Å². The van der Waals surface area contributed by atoms with Crippen LogP contribution in [-0.2, 0) is 11.0 Å². The van der Waals surface area contributed by atoms with Crippen molar-refractivity contribution in [2.75, 3.05) is 12.3 Å². The third-order valence-electron chi connectivity index (χ3n) is 5.91. The van der Waals surface area contributed by atoms with Crippen LogP contribution in [0.1, 0.15) is 72.0 Å². The number of nitrogens with two attached hydrogens (primary N) is 1. The minimum atomic E-state index is -4.59. The molecule has 1 aliphatic rings. The van der Waals surface area contributed by atoms with Gasteiger partial charge in [0.05, 0.1) is 17.7 Å². The molecule has 0 radical (unpaired) electrons. The number of amides is 2. The maximum atomic E-state index is 12.9. The topological polar surface area (TPSA) is 84.2 Å². The van der Waals surface area contributed by atoms with Gasteiger partial charge in [-0.15, -0.1) is 0 Å². The Hall–Kier alpha value is -3.03. The zero-order valence-electron chi connectivity index (χ0n) is 18.1. The second-order valence-corrected chi connectivity index (χ2v) is 8.58. The molecule has 32 heavy (non-hydrogen) atoms. The zero-order chi connectivity index (χ0) is 23.5. The van der Waals surface area contributed by atoms with Crippen LogP contribution in [0.3, 0.4) is 0 Å². The summed E-state index contributed by atoms with van der Waals surface area (Å²) in [4.78, 5) is 24.5. The van der Waals surface area contributed by atoms with E-state index in [0.717, 1.165) is 31.4 Å². The summed E-state index contributed by atoms with van der Waals surface area (Å²) in [5, 5.41) is 5.25. The third-order valence-corrected chi connectivity index (χ3v) is 5.91. The molecule has 0 aliphatic heterocycles. The van der Waals surface area contributed by atoms with Crippen molar-refractivity contribution in [1.82, 2.24) is 10.6 Å². The molecule has 0 heterocycles. The fourth-order valence-electron chi connectivity index (χ4n) is 4.03. The Morgan fingerprint density at radius 1 is 1.09 bits per heavy atom. The molecule has 0 bridgehead atoms. The molecule has 1 aliphatic carbocycles. The van der Waals surface area contributed by atoms with Crippen LogP contribution in [0, 0.1) is 0 Å². The summed E-state index contributed by atoms with van der Waals surface area (Å²) in [5.74, 6) is -0.370. The van der Waals surface area contributed by atoms with E-state index in [4.69, 9.17) is 5.73 Å². The standard InChI is InChI=1S/C24H28F3N3O2/c1-14(2)15-3-5-16(6-4-15)17-7-9-19(11-17)30-22(31)13-29-23(32)20-12-18(24(25,26)27)8-10-21(20)28/h3-6,8,10,12,14,17,19H,7,9,11,13,28H2,1-2H3,(H,29,32)(H,30,31). The Kier molecular flexibility index (Phi) is 7.11. The van der Waals surface area contributed by atoms with E-state index in [1.807, 2.05) is 0 Å². The predicted octanol–water partition coefficient (Wildman–Crippen LogP) is 4.59. The Bertz CT molecular complexity index is 971. The van der Waals surface area contributed by atoms with Gasteiger partial charge in [-0.05, 0) is 60.4 Å². The van der Waals surface area contributed by atoms with Crippen LogP contribution in [0.4, 0.5) is 18.9 Å². The number of carbonyl (C=O) groups is 2. The first kappa shape index (κ1) is 23.6. The highest BCUT2D eigenvalue weighted by atomic mass is 19.4. The van der Waals surface area contributed by atoms with E-state index in [-0.39, 0.29) is 29.7 Å². The number of halogens is 3. The molecule has 8 heteroatoms. The molecule has 5 nitrogen and oxygen atoms in total. The highest BCUT2D eigenvalue weighted by Gasteiger charge is 2.32. The molecule has 0 spiro atoms. The van der Waals surface area contributed by atoms with E-state index >= 15 is 0 Å². The van der Waals surface area contributed by atoms with Crippen molar-refractivity contribution in [2.45, 2.75) is 57.2 Å². The number of hydrogen-bond acceptors (Lipinski definition) is 3. The number of alkyl halides is 3. The summed E-state index contributed by atoms with van der Waals surface area (Å²) in [6, 6.07) is 11.1. The molecule has 0 aromatic heterocycles. The number of anilines is 1. The minimum Gasteiger partial charge on any atom is -0.398 e. The second kappa shape index (κ2) is 9.63. The average molecular weight is 448 g/mol. The Balaban J connectivity index is 1.51. The Morgan fingerprint density at radius 3 is 2.41 bits per heavy atom. The van der Waals surface area contributed by atoms with Crippen molar-refractivity contribution in [3.05, 3.63) is 64.7 Å². The number of nitrogens with one attached hydrogen (secondary N) is 2. The molecule has 2 aromatic carbocycles. The molecule has 1 saturated carbocycles. The van der Waals surface area contributed by atoms with Crippen molar-refractivity contribution in [3.8, 4) is 0 Å². The van der Waals surface area contributed by atoms with Gasteiger partial charge in [0.2, 0.25) is 5.91 Å². The van der Waals surface area contributed by atoms with Gasteiger partial charge in [-0.25, -0.2) is 0 Å². The first-order valence-electron chi connectivity index (χ1n) is 10.7. The van der Waals surface area contributed by atoms with E-state index in [2.05, 4.69) is 48.7 Å². The lowest BCUT2D eigenvalue weighted by molar-refractivity contribution is -0.137. The van der Waals surface area contributed by atoms with E-state index < -0.39 is 17.6 Å². The maximum Gasteiger partial charge on any atom is 0.416 e. The van der Waals surface area contributed by atoms with Crippen molar-refractivity contribution in [1.29, 1.82) is 0 Å². The predicted molar refractivity (Wildman–Crippen MR) is 117 cm³/mol. The van der Waals surface area contributed by atoms with Gasteiger partial charge in [-0.1, -0.05) is 38.1 Å². The number of nitrogen functional groups attached to an aromatic ring is 1. The minimum absolute atomic E-state index is 0.00666. The molecule has 0 saturated heterocycles. The lowest BCUT2D eigenvalue weighted by Crippen LogP contribution is -2.41. The van der Waals surface area contributed by atoms with Gasteiger partial charge < -0.3 is 16.4 Å². The van der Waals surface area contributed by atoms with E-state index in [9.17, 15) is 22.8 Å². The molecular formula is C24H28F3N3O2. The number of hydrogen-bond donors (Lipinski definition) is 3. The second-order valence-electron chi connectivity index (χ2n) is 8.58. The van der Waals surface area contributed by atoms with Crippen LogP contribution in [0.15, 0.2) is 42.5 Å². The molecule has 172 valence electrons. The van der Waals surface area contributed by atoms with E-state index in [1.54, 1.807) is 0 Å². The summed E-state index contributed by atoms with van der Waals surface area (Å²) < 4.78 is 38.6. The van der Waals surface area contributed by atoms with Crippen LogP contribution in [0.5, 0.6) is 0 Å². The van der Waals surface area contributed by atoms with Crippen molar-refractivity contribution in [2.24, 2.45) is 0 Å². The zero-order valence-corrected chi connectivity index (χ0v) is 18.1. The molecule has 1 fully saturated rings. The van der Waals surface area contributed by atoms with Crippen molar-refractivity contribution >= 4 is 17.5 Å². The molecular weight excluding hydrogens is 419 g/mol. The molecule has 2 unspecified atom stereocenters. The summed E-state index contributed by atoms with van der Waals surface area (Å²) in [5.41, 5.74) is 6.81. The van der Waals surface area contributed by atoms with Gasteiger partial charge in [-0.3, -0.25) is 9.59 Å². The van der Waals surface area contributed by atoms with Crippen molar-refractivity contribution < 1.29 is 22.8 Å². The highest BCUT2D eigenvalue weighted by molar-refractivity contribution is 6.00. The largest absolute Gasteiger partial charge is 0.416 e. The van der Waals surface area contributed by atoms with Gasteiger partial charge in [-0.2, -0.15) is 13.2 Å². The van der Waals surface area contributed by atoms with Gasteiger partial charge in [0, 0.05) is 11.7 Å². The SMILES string of the molecule is CC(C)c1ccc(C2CCC(NC(=O)CNC(=O)c3cc(C(F)(F)F)ccc3N)C2)cc1. The van der Waals surface area contributed by atoms with Gasteiger partial charge in [0.25, 0.3) is 5.91 Å². The maximum absolute atomic E-state index is 12.9. The monoisotopic (exact) mass is 447 g/mol.